The van der Waals surface area contributed by atoms with Crippen molar-refractivity contribution in [2.24, 2.45) is 0 Å². The predicted molar refractivity (Wildman–Crippen MR) is 84.5 cm³/mol. The molecular formula is C13H12Br2N2OS. The van der Waals surface area contributed by atoms with Gasteiger partial charge in [0.15, 0.2) is 0 Å². The van der Waals surface area contributed by atoms with E-state index in [0.29, 0.717) is 12.1 Å². The summed E-state index contributed by atoms with van der Waals surface area (Å²) in [4.78, 5) is 18.4. The van der Waals surface area contributed by atoms with Gasteiger partial charge in [-0.3, -0.25) is 9.78 Å². The van der Waals surface area contributed by atoms with Gasteiger partial charge in [0.25, 0.3) is 5.91 Å². The highest BCUT2D eigenvalue weighted by atomic mass is 79.9. The fourth-order valence-corrected chi connectivity index (χ4v) is 4.47. The lowest BCUT2D eigenvalue weighted by Crippen LogP contribution is -2.26. The van der Waals surface area contributed by atoms with Crippen molar-refractivity contribution >= 4 is 49.1 Å². The van der Waals surface area contributed by atoms with Gasteiger partial charge in [0.1, 0.15) is 0 Å². The molecule has 6 heteroatoms. The van der Waals surface area contributed by atoms with Crippen LogP contribution in [0.5, 0.6) is 0 Å². The molecule has 2 rings (SSSR count). The number of hydrogen-bond acceptors (Lipinski definition) is 3. The normalized spacial score (nSPS) is 10.5. The molecule has 0 bridgehead atoms. The summed E-state index contributed by atoms with van der Waals surface area (Å²) in [5.74, 6) is -0.0165. The molecule has 2 aromatic rings. The van der Waals surface area contributed by atoms with E-state index in [-0.39, 0.29) is 5.91 Å². The third kappa shape index (κ3) is 3.64. The second-order valence-electron chi connectivity index (χ2n) is 4.17. The highest BCUT2D eigenvalue weighted by molar-refractivity contribution is 9.12. The van der Waals surface area contributed by atoms with Crippen molar-refractivity contribution in [2.75, 3.05) is 7.05 Å². The standard InChI is InChI=1S/C13H12Br2N2OS/c1-8-4-3-5-9(16-8)7-17(2)13(18)10-6-11(14)19-12(10)15/h3-6H,7H2,1-2H3. The van der Waals surface area contributed by atoms with E-state index in [1.54, 1.807) is 11.9 Å². The van der Waals surface area contributed by atoms with Gasteiger partial charge in [0.2, 0.25) is 0 Å². The number of hydrogen-bond donors (Lipinski definition) is 0. The van der Waals surface area contributed by atoms with Crippen LogP contribution in [0.4, 0.5) is 0 Å². The molecule has 0 N–H and O–H groups in total. The zero-order valence-corrected chi connectivity index (χ0v) is 14.5. The van der Waals surface area contributed by atoms with Crippen LogP contribution in [-0.4, -0.2) is 22.8 Å². The van der Waals surface area contributed by atoms with Gasteiger partial charge in [0, 0.05) is 12.7 Å². The summed E-state index contributed by atoms with van der Waals surface area (Å²) < 4.78 is 1.78. The van der Waals surface area contributed by atoms with Crippen LogP contribution in [0.25, 0.3) is 0 Å². The van der Waals surface area contributed by atoms with Crippen molar-refractivity contribution in [1.29, 1.82) is 0 Å². The quantitative estimate of drug-likeness (QED) is 0.767. The zero-order chi connectivity index (χ0) is 14.0. The van der Waals surface area contributed by atoms with E-state index in [0.717, 1.165) is 19.0 Å². The van der Waals surface area contributed by atoms with Gasteiger partial charge in [-0.05, 0) is 57.0 Å². The van der Waals surface area contributed by atoms with Gasteiger partial charge in [-0.15, -0.1) is 11.3 Å². The molecule has 0 spiro atoms. The number of nitrogens with zero attached hydrogens (tertiary/aromatic N) is 2. The molecule has 0 aliphatic rings. The molecule has 0 radical (unpaired) electrons. The van der Waals surface area contributed by atoms with Crippen LogP contribution in [0.15, 0.2) is 31.8 Å². The summed E-state index contributed by atoms with van der Waals surface area (Å²) in [6.07, 6.45) is 0. The first-order valence-corrected chi connectivity index (χ1v) is 8.00. The van der Waals surface area contributed by atoms with Crippen LogP contribution in [0.3, 0.4) is 0 Å². The maximum atomic E-state index is 12.3. The van der Waals surface area contributed by atoms with Crippen LogP contribution < -0.4 is 0 Å². The Morgan fingerprint density at radius 3 is 2.74 bits per heavy atom. The first kappa shape index (κ1) is 14.7. The van der Waals surface area contributed by atoms with E-state index in [1.807, 2.05) is 31.2 Å². The van der Waals surface area contributed by atoms with Crippen molar-refractivity contribution in [3.8, 4) is 0 Å². The molecule has 100 valence electrons. The van der Waals surface area contributed by atoms with Crippen LogP contribution in [0, 0.1) is 6.92 Å². The highest BCUT2D eigenvalue weighted by Crippen LogP contribution is 2.32. The van der Waals surface area contributed by atoms with E-state index in [1.165, 1.54) is 11.3 Å². The number of amides is 1. The van der Waals surface area contributed by atoms with Crippen molar-refractivity contribution in [2.45, 2.75) is 13.5 Å². The molecule has 0 saturated heterocycles. The van der Waals surface area contributed by atoms with Gasteiger partial charge < -0.3 is 4.90 Å². The van der Waals surface area contributed by atoms with Gasteiger partial charge in [0.05, 0.1) is 25.4 Å². The number of aryl methyl sites for hydroxylation is 1. The fourth-order valence-electron chi connectivity index (χ4n) is 1.69. The molecule has 0 fully saturated rings. The van der Waals surface area contributed by atoms with Crippen molar-refractivity contribution < 1.29 is 4.79 Å². The lowest BCUT2D eigenvalue weighted by atomic mass is 10.2. The Morgan fingerprint density at radius 1 is 1.42 bits per heavy atom. The van der Waals surface area contributed by atoms with Gasteiger partial charge >= 0.3 is 0 Å². The summed E-state index contributed by atoms with van der Waals surface area (Å²) in [6, 6.07) is 7.65. The third-order valence-corrected chi connectivity index (χ3v) is 4.92. The SMILES string of the molecule is Cc1cccc(CN(C)C(=O)c2cc(Br)sc2Br)n1. The maximum absolute atomic E-state index is 12.3. The average Bonchev–Trinajstić information content (AvgIpc) is 2.67. The van der Waals surface area contributed by atoms with Crippen molar-refractivity contribution in [3.05, 3.63) is 48.8 Å². The zero-order valence-electron chi connectivity index (χ0n) is 10.5. The fraction of sp³-hybridized carbons (Fsp3) is 0.231. The number of aromatic nitrogens is 1. The molecule has 0 aliphatic carbocycles. The molecule has 0 aliphatic heterocycles. The smallest absolute Gasteiger partial charge is 0.256 e. The number of carbonyl (C=O) groups excluding carboxylic acids is 1. The van der Waals surface area contributed by atoms with E-state index >= 15 is 0 Å². The maximum Gasteiger partial charge on any atom is 0.256 e. The molecule has 1 amide bonds. The Bertz CT molecular complexity index is 612. The first-order valence-electron chi connectivity index (χ1n) is 5.60. The topological polar surface area (TPSA) is 33.2 Å². The van der Waals surface area contributed by atoms with Gasteiger partial charge in [-0.25, -0.2) is 0 Å². The Labute approximate surface area is 132 Å². The molecule has 0 atom stereocenters. The Balaban J connectivity index is 2.14. The summed E-state index contributed by atoms with van der Waals surface area (Å²) in [5.41, 5.74) is 2.52. The summed E-state index contributed by atoms with van der Waals surface area (Å²) in [5, 5.41) is 0. The van der Waals surface area contributed by atoms with Gasteiger partial charge in [-0.1, -0.05) is 6.07 Å². The average molecular weight is 404 g/mol. The van der Waals surface area contributed by atoms with Crippen LogP contribution in [0.1, 0.15) is 21.7 Å². The molecular weight excluding hydrogens is 392 g/mol. The first-order chi connectivity index (χ1) is 8.97. The van der Waals surface area contributed by atoms with E-state index in [4.69, 9.17) is 0 Å². The number of carbonyl (C=O) groups is 1. The minimum absolute atomic E-state index is 0.0165. The number of pyridine rings is 1. The Kier molecular flexibility index (Phi) is 4.76. The molecule has 3 nitrogen and oxygen atoms in total. The van der Waals surface area contributed by atoms with Crippen molar-refractivity contribution in [1.82, 2.24) is 9.88 Å². The van der Waals surface area contributed by atoms with Crippen LogP contribution >= 0.6 is 43.2 Å². The Morgan fingerprint density at radius 2 is 2.16 bits per heavy atom. The summed E-state index contributed by atoms with van der Waals surface area (Å²) in [7, 11) is 1.78. The number of rotatable bonds is 3. The molecule has 2 heterocycles. The van der Waals surface area contributed by atoms with E-state index in [9.17, 15) is 4.79 Å². The number of halogens is 2. The minimum Gasteiger partial charge on any atom is -0.336 e. The number of thiophene rings is 1. The van der Waals surface area contributed by atoms with Gasteiger partial charge in [-0.2, -0.15) is 0 Å². The van der Waals surface area contributed by atoms with Crippen molar-refractivity contribution in [3.63, 3.8) is 0 Å². The lowest BCUT2D eigenvalue weighted by molar-refractivity contribution is 0.0783. The predicted octanol–water partition coefficient (Wildman–Crippen LogP) is 4.25. The van der Waals surface area contributed by atoms with E-state index in [2.05, 4.69) is 36.8 Å². The largest absolute Gasteiger partial charge is 0.336 e. The molecule has 0 aromatic carbocycles. The second-order valence-corrected chi connectivity index (χ2v) is 7.92. The molecule has 2 aromatic heterocycles. The van der Waals surface area contributed by atoms with Crippen LogP contribution in [-0.2, 0) is 6.54 Å². The van der Waals surface area contributed by atoms with Crippen LogP contribution in [0.2, 0.25) is 0 Å². The highest BCUT2D eigenvalue weighted by Gasteiger charge is 2.18. The molecule has 19 heavy (non-hydrogen) atoms. The second kappa shape index (κ2) is 6.15. The third-order valence-electron chi connectivity index (χ3n) is 2.58. The minimum atomic E-state index is -0.0165. The molecule has 0 unspecified atom stereocenters. The molecule has 0 saturated carbocycles. The summed E-state index contributed by atoms with van der Waals surface area (Å²) in [6.45, 7) is 2.44. The summed E-state index contributed by atoms with van der Waals surface area (Å²) >= 11 is 8.28. The Hall–Kier alpha value is -0.720. The lowest BCUT2D eigenvalue weighted by Gasteiger charge is -2.16. The monoisotopic (exact) mass is 402 g/mol. The van der Waals surface area contributed by atoms with E-state index < -0.39 is 0 Å².